The van der Waals surface area contributed by atoms with Crippen molar-refractivity contribution >= 4 is 23.1 Å². The number of nitrogens with one attached hydrogen (secondary N) is 1. The van der Waals surface area contributed by atoms with Crippen LogP contribution in [0.2, 0.25) is 0 Å². The minimum absolute atomic E-state index is 0.124. The lowest BCUT2D eigenvalue weighted by Crippen LogP contribution is -2.35. The minimum atomic E-state index is -0.295. The second-order valence-corrected chi connectivity index (χ2v) is 5.24. The Balaban J connectivity index is 1.66. The van der Waals surface area contributed by atoms with Gasteiger partial charge in [0, 0.05) is 25.2 Å². The van der Waals surface area contributed by atoms with Crippen LogP contribution in [0.15, 0.2) is 33.5 Å². The Bertz CT molecular complexity index is 660. The van der Waals surface area contributed by atoms with Crippen molar-refractivity contribution in [2.24, 2.45) is 26.8 Å². The van der Waals surface area contributed by atoms with Crippen molar-refractivity contribution in [1.82, 2.24) is 4.90 Å². The van der Waals surface area contributed by atoms with E-state index in [1.165, 1.54) is 6.07 Å². The number of hydrogen-bond donors (Lipinski definition) is 3. The molecule has 0 unspecified atom stereocenters. The van der Waals surface area contributed by atoms with Crippen LogP contribution in [0.1, 0.15) is 5.56 Å². The summed E-state index contributed by atoms with van der Waals surface area (Å²) in [6, 6.07) is 4.87. The Kier molecular flexibility index (Phi) is 4.49. The zero-order valence-corrected chi connectivity index (χ0v) is 12.5. The molecule has 1 aromatic carbocycles. The molecule has 9 heteroatoms. The summed E-state index contributed by atoms with van der Waals surface area (Å²) >= 11 is 0. The number of benzene rings is 1. The van der Waals surface area contributed by atoms with E-state index in [-0.39, 0.29) is 23.2 Å². The Morgan fingerprint density at radius 1 is 1.22 bits per heavy atom. The number of amidine groups is 2. The molecule has 1 fully saturated rings. The molecule has 1 saturated heterocycles. The molecule has 23 heavy (non-hydrogen) atoms. The highest BCUT2D eigenvalue weighted by Gasteiger charge is 2.17. The summed E-state index contributed by atoms with van der Waals surface area (Å²) in [5.41, 5.74) is 15.3. The fraction of sp³-hybridized carbons (Fsp3) is 0.357. The molecule has 0 aliphatic carbocycles. The number of morpholine rings is 1. The van der Waals surface area contributed by atoms with Crippen molar-refractivity contribution in [3.63, 3.8) is 0 Å². The van der Waals surface area contributed by atoms with Crippen LogP contribution in [0.25, 0.3) is 0 Å². The van der Waals surface area contributed by atoms with Gasteiger partial charge >= 0.3 is 0 Å². The Morgan fingerprint density at radius 2 is 1.91 bits per heavy atom. The van der Waals surface area contributed by atoms with Crippen LogP contribution in [0.5, 0.6) is 0 Å². The molecule has 0 amide bonds. The summed E-state index contributed by atoms with van der Waals surface area (Å²) in [5, 5.41) is 11.2. The molecular weight excluding hydrogens is 301 g/mol. The molecular formula is C14H18FN7O. The highest BCUT2D eigenvalue weighted by atomic mass is 19.1. The first-order valence-corrected chi connectivity index (χ1v) is 7.23. The van der Waals surface area contributed by atoms with Crippen LogP contribution in [-0.4, -0.2) is 48.6 Å². The summed E-state index contributed by atoms with van der Waals surface area (Å²) < 4.78 is 19.5. The fourth-order valence-corrected chi connectivity index (χ4v) is 2.31. The van der Waals surface area contributed by atoms with Gasteiger partial charge in [-0.1, -0.05) is 6.07 Å². The monoisotopic (exact) mass is 319 g/mol. The van der Waals surface area contributed by atoms with Gasteiger partial charge < -0.3 is 16.2 Å². The van der Waals surface area contributed by atoms with Crippen molar-refractivity contribution in [2.45, 2.75) is 6.54 Å². The van der Waals surface area contributed by atoms with Crippen LogP contribution in [-0.2, 0) is 11.3 Å². The molecule has 2 aliphatic heterocycles. The molecule has 0 atom stereocenters. The van der Waals surface area contributed by atoms with Gasteiger partial charge in [0.15, 0.2) is 17.4 Å². The highest BCUT2D eigenvalue weighted by Crippen LogP contribution is 2.17. The van der Waals surface area contributed by atoms with Crippen LogP contribution in [0.3, 0.4) is 0 Å². The second-order valence-electron chi connectivity index (χ2n) is 5.24. The molecule has 3 rings (SSSR count). The number of halogens is 1. The van der Waals surface area contributed by atoms with Gasteiger partial charge in [0.2, 0.25) is 0 Å². The lowest BCUT2D eigenvalue weighted by Gasteiger charge is -2.26. The maximum absolute atomic E-state index is 14.2. The first-order chi connectivity index (χ1) is 11.1. The van der Waals surface area contributed by atoms with E-state index in [2.05, 4.69) is 25.6 Å². The zero-order chi connectivity index (χ0) is 16.2. The molecule has 0 spiro atoms. The smallest absolute Gasteiger partial charge is 0.177 e. The number of nitrogens with two attached hydrogens (primary N) is 2. The van der Waals surface area contributed by atoms with E-state index < -0.39 is 0 Å². The Morgan fingerprint density at radius 3 is 2.57 bits per heavy atom. The van der Waals surface area contributed by atoms with Crippen LogP contribution >= 0.6 is 0 Å². The van der Waals surface area contributed by atoms with E-state index in [0.29, 0.717) is 31.0 Å². The van der Waals surface area contributed by atoms with E-state index in [9.17, 15) is 4.39 Å². The first kappa shape index (κ1) is 15.4. The van der Waals surface area contributed by atoms with Crippen LogP contribution in [0, 0.1) is 5.82 Å². The number of nitrogens with zero attached hydrogens (tertiary/aromatic N) is 4. The standard InChI is InChI=1S/C14H18FN7O/c15-11-7-10(18-19-12-13(16)20-21-14(12)17)2-1-9(11)8-22-3-5-23-6-4-22/h1-2,7,18H,3-6,8H2,(H4,16,17,19,20,21). The third-order valence-electron chi connectivity index (χ3n) is 3.60. The van der Waals surface area contributed by atoms with Gasteiger partial charge in [0.1, 0.15) is 5.82 Å². The topological polar surface area (TPSA) is 114 Å². The largest absolute Gasteiger partial charge is 0.380 e. The normalized spacial score (nSPS) is 18.6. The summed E-state index contributed by atoms with van der Waals surface area (Å²) in [6.45, 7) is 3.55. The van der Waals surface area contributed by atoms with Crippen molar-refractivity contribution in [1.29, 1.82) is 0 Å². The summed E-state index contributed by atoms with van der Waals surface area (Å²) in [7, 11) is 0. The van der Waals surface area contributed by atoms with Gasteiger partial charge in [-0.25, -0.2) is 4.39 Å². The van der Waals surface area contributed by atoms with Gasteiger partial charge in [-0.05, 0) is 12.1 Å². The average molecular weight is 319 g/mol. The van der Waals surface area contributed by atoms with Crippen molar-refractivity contribution < 1.29 is 9.13 Å². The maximum Gasteiger partial charge on any atom is 0.177 e. The lowest BCUT2D eigenvalue weighted by atomic mass is 10.1. The molecule has 0 saturated carbocycles. The number of hydrazone groups is 1. The quantitative estimate of drug-likeness (QED) is 0.680. The Hall–Kier alpha value is -2.52. The predicted molar refractivity (Wildman–Crippen MR) is 86.8 cm³/mol. The van der Waals surface area contributed by atoms with Crippen molar-refractivity contribution in [3.05, 3.63) is 29.6 Å². The molecule has 8 nitrogen and oxygen atoms in total. The van der Waals surface area contributed by atoms with Crippen molar-refractivity contribution in [2.75, 3.05) is 31.7 Å². The third kappa shape index (κ3) is 3.63. The molecule has 2 heterocycles. The van der Waals surface area contributed by atoms with Gasteiger partial charge in [0.05, 0.1) is 18.9 Å². The predicted octanol–water partition coefficient (Wildman–Crippen LogP) is 0.0688. The van der Waals surface area contributed by atoms with E-state index in [4.69, 9.17) is 16.2 Å². The van der Waals surface area contributed by atoms with Gasteiger partial charge in [-0.15, -0.1) is 10.2 Å². The molecule has 0 aromatic heterocycles. The van der Waals surface area contributed by atoms with E-state index >= 15 is 0 Å². The number of rotatable bonds is 4. The Labute approximate surface area is 132 Å². The lowest BCUT2D eigenvalue weighted by molar-refractivity contribution is 0.0337. The highest BCUT2D eigenvalue weighted by molar-refractivity contribution is 6.68. The van der Waals surface area contributed by atoms with E-state index in [1.54, 1.807) is 12.1 Å². The molecule has 2 aliphatic rings. The van der Waals surface area contributed by atoms with Crippen LogP contribution < -0.4 is 16.9 Å². The van der Waals surface area contributed by atoms with Gasteiger partial charge in [0.25, 0.3) is 0 Å². The molecule has 0 radical (unpaired) electrons. The van der Waals surface area contributed by atoms with E-state index in [1.807, 2.05) is 0 Å². The maximum atomic E-state index is 14.2. The van der Waals surface area contributed by atoms with Gasteiger partial charge in [-0.2, -0.15) is 5.10 Å². The summed E-state index contributed by atoms with van der Waals surface area (Å²) in [6.07, 6.45) is 0. The SMILES string of the molecule is NC1=NN=C(N)C1=NNc1ccc(CN2CCOCC2)c(F)c1. The number of ether oxygens (including phenoxy) is 1. The number of hydrogen-bond acceptors (Lipinski definition) is 8. The second kappa shape index (κ2) is 6.71. The summed E-state index contributed by atoms with van der Waals surface area (Å²) in [5.74, 6) is -0.0461. The van der Waals surface area contributed by atoms with E-state index in [0.717, 1.165) is 13.1 Å². The molecule has 1 aromatic rings. The summed E-state index contributed by atoms with van der Waals surface area (Å²) in [4.78, 5) is 2.15. The average Bonchev–Trinajstić information content (AvgIpc) is 2.87. The number of anilines is 1. The molecule has 5 N–H and O–H groups in total. The fourth-order valence-electron chi connectivity index (χ4n) is 2.31. The first-order valence-electron chi connectivity index (χ1n) is 7.23. The molecule has 0 bridgehead atoms. The molecule has 122 valence electrons. The minimum Gasteiger partial charge on any atom is -0.380 e. The van der Waals surface area contributed by atoms with Gasteiger partial charge in [-0.3, -0.25) is 10.3 Å². The third-order valence-corrected chi connectivity index (χ3v) is 3.60. The van der Waals surface area contributed by atoms with Crippen molar-refractivity contribution in [3.8, 4) is 0 Å². The van der Waals surface area contributed by atoms with Crippen LogP contribution in [0.4, 0.5) is 10.1 Å². The zero-order valence-electron chi connectivity index (χ0n) is 12.5.